The summed E-state index contributed by atoms with van der Waals surface area (Å²) in [7, 11) is 3.27. The van der Waals surface area contributed by atoms with E-state index in [-0.39, 0.29) is 5.91 Å². The molecule has 2 rings (SSSR count). The normalized spacial score (nSPS) is 10.2. The number of aromatic nitrogens is 2. The first kappa shape index (κ1) is 17.7. The number of rotatable bonds is 9. The Morgan fingerprint density at radius 2 is 2.04 bits per heavy atom. The van der Waals surface area contributed by atoms with Crippen molar-refractivity contribution in [2.24, 2.45) is 0 Å². The topological polar surface area (TPSA) is 85.4 Å². The molecule has 0 radical (unpaired) electrons. The van der Waals surface area contributed by atoms with Crippen molar-refractivity contribution in [2.75, 3.05) is 32.7 Å². The molecule has 7 heteroatoms. The van der Waals surface area contributed by atoms with Gasteiger partial charge in [-0.1, -0.05) is 18.2 Å². The fourth-order valence-corrected chi connectivity index (χ4v) is 2.13. The second-order valence-electron chi connectivity index (χ2n) is 5.06. The zero-order valence-corrected chi connectivity index (χ0v) is 13.9. The number of benzene rings is 1. The monoisotopic (exact) mass is 330 g/mol. The van der Waals surface area contributed by atoms with Crippen molar-refractivity contribution in [1.29, 1.82) is 0 Å². The number of para-hydroxylation sites is 1. The lowest BCUT2D eigenvalue weighted by atomic mass is 10.2. The van der Waals surface area contributed by atoms with Crippen molar-refractivity contribution in [3.63, 3.8) is 0 Å². The fraction of sp³-hybridized carbons (Fsp3) is 0.353. The standard InChI is InChI=1S/C17H22N4O3/c1-23-9-5-8-18-16-10-14(20-12-21-16)17(22)19-11-13-6-3-4-7-15(13)24-2/h3-4,6-7,10,12H,5,8-9,11H2,1-2H3,(H,19,22)(H,18,20,21). The number of nitrogens with one attached hydrogen (secondary N) is 2. The van der Waals surface area contributed by atoms with E-state index in [0.717, 1.165) is 17.7 Å². The lowest BCUT2D eigenvalue weighted by Crippen LogP contribution is -2.24. The highest BCUT2D eigenvalue weighted by molar-refractivity contribution is 5.92. The van der Waals surface area contributed by atoms with Gasteiger partial charge < -0.3 is 20.1 Å². The molecule has 0 spiro atoms. The zero-order valence-electron chi connectivity index (χ0n) is 13.9. The maximum atomic E-state index is 12.3. The van der Waals surface area contributed by atoms with Crippen LogP contribution in [-0.2, 0) is 11.3 Å². The minimum absolute atomic E-state index is 0.261. The van der Waals surface area contributed by atoms with Crippen LogP contribution in [-0.4, -0.2) is 43.2 Å². The molecule has 0 bridgehead atoms. The minimum Gasteiger partial charge on any atom is -0.496 e. The summed E-state index contributed by atoms with van der Waals surface area (Å²) in [6, 6.07) is 9.17. The van der Waals surface area contributed by atoms with Crippen LogP contribution in [0.2, 0.25) is 0 Å². The first-order valence-electron chi connectivity index (χ1n) is 7.69. The summed E-state index contributed by atoms with van der Waals surface area (Å²) >= 11 is 0. The third-order valence-corrected chi connectivity index (χ3v) is 3.36. The summed E-state index contributed by atoms with van der Waals surface area (Å²) in [5, 5.41) is 5.97. The number of methoxy groups -OCH3 is 2. The van der Waals surface area contributed by atoms with Crippen LogP contribution in [0.15, 0.2) is 36.7 Å². The van der Waals surface area contributed by atoms with Crippen molar-refractivity contribution >= 4 is 11.7 Å². The van der Waals surface area contributed by atoms with Gasteiger partial charge in [-0.25, -0.2) is 9.97 Å². The summed E-state index contributed by atoms with van der Waals surface area (Å²) in [6.45, 7) is 1.75. The number of amides is 1. The zero-order chi connectivity index (χ0) is 17.2. The van der Waals surface area contributed by atoms with Crippen LogP contribution >= 0.6 is 0 Å². The van der Waals surface area contributed by atoms with Crippen molar-refractivity contribution in [2.45, 2.75) is 13.0 Å². The van der Waals surface area contributed by atoms with Crippen molar-refractivity contribution in [1.82, 2.24) is 15.3 Å². The van der Waals surface area contributed by atoms with E-state index < -0.39 is 0 Å². The molecule has 24 heavy (non-hydrogen) atoms. The number of carbonyl (C=O) groups excluding carboxylic acids is 1. The third kappa shape index (κ3) is 5.20. The summed E-state index contributed by atoms with van der Waals surface area (Å²) in [5.41, 5.74) is 1.22. The Morgan fingerprint density at radius 1 is 1.21 bits per heavy atom. The Labute approximate surface area is 141 Å². The Hall–Kier alpha value is -2.67. The van der Waals surface area contributed by atoms with Crippen LogP contribution in [0.1, 0.15) is 22.5 Å². The highest BCUT2D eigenvalue weighted by Crippen LogP contribution is 2.16. The van der Waals surface area contributed by atoms with E-state index in [2.05, 4.69) is 20.6 Å². The van der Waals surface area contributed by atoms with Gasteiger partial charge in [0.05, 0.1) is 7.11 Å². The number of anilines is 1. The van der Waals surface area contributed by atoms with Gasteiger partial charge in [0.2, 0.25) is 0 Å². The Balaban J connectivity index is 1.92. The lowest BCUT2D eigenvalue weighted by molar-refractivity contribution is 0.0945. The number of ether oxygens (including phenoxy) is 2. The summed E-state index contributed by atoms with van der Waals surface area (Å²) in [6.07, 6.45) is 2.23. The molecule has 2 N–H and O–H groups in total. The number of nitrogens with zero attached hydrogens (tertiary/aromatic N) is 2. The van der Waals surface area contributed by atoms with Crippen LogP contribution in [0.4, 0.5) is 5.82 Å². The number of carbonyl (C=O) groups is 1. The smallest absolute Gasteiger partial charge is 0.270 e. The molecule has 0 saturated heterocycles. The van der Waals surface area contributed by atoms with E-state index in [9.17, 15) is 4.79 Å². The molecule has 0 unspecified atom stereocenters. The second-order valence-corrected chi connectivity index (χ2v) is 5.06. The summed E-state index contributed by atoms with van der Waals surface area (Å²) in [4.78, 5) is 20.4. The van der Waals surface area contributed by atoms with E-state index in [4.69, 9.17) is 9.47 Å². The summed E-state index contributed by atoms with van der Waals surface area (Å²) < 4.78 is 10.3. The molecule has 1 aromatic carbocycles. The van der Waals surface area contributed by atoms with Crippen molar-refractivity contribution < 1.29 is 14.3 Å². The number of hydrogen-bond donors (Lipinski definition) is 2. The van der Waals surface area contributed by atoms with Gasteiger partial charge in [0.15, 0.2) is 0 Å². The molecule has 0 aliphatic rings. The quantitative estimate of drug-likeness (QED) is 0.683. The maximum absolute atomic E-state index is 12.3. The molecule has 0 atom stereocenters. The van der Waals surface area contributed by atoms with E-state index in [1.165, 1.54) is 6.33 Å². The second kappa shape index (κ2) is 9.46. The van der Waals surface area contributed by atoms with Gasteiger partial charge >= 0.3 is 0 Å². The SMILES string of the molecule is COCCCNc1cc(C(=O)NCc2ccccc2OC)ncn1. The minimum atomic E-state index is -0.261. The van der Waals surface area contributed by atoms with Crippen molar-refractivity contribution in [3.05, 3.63) is 47.9 Å². The molecule has 7 nitrogen and oxygen atoms in total. The predicted molar refractivity (Wildman–Crippen MR) is 91.2 cm³/mol. The molecule has 0 aliphatic heterocycles. The first-order valence-corrected chi connectivity index (χ1v) is 7.69. The molecule has 2 aromatic rings. The van der Waals surface area contributed by atoms with Gasteiger partial charge in [0.25, 0.3) is 5.91 Å². The highest BCUT2D eigenvalue weighted by atomic mass is 16.5. The highest BCUT2D eigenvalue weighted by Gasteiger charge is 2.10. The molecular weight excluding hydrogens is 308 g/mol. The first-order chi connectivity index (χ1) is 11.7. The molecule has 128 valence electrons. The predicted octanol–water partition coefficient (Wildman–Crippen LogP) is 1.86. The average molecular weight is 330 g/mol. The molecule has 1 heterocycles. The Morgan fingerprint density at radius 3 is 2.83 bits per heavy atom. The van der Waals surface area contributed by atoms with Crippen LogP contribution in [0, 0.1) is 0 Å². The largest absolute Gasteiger partial charge is 0.496 e. The van der Waals surface area contributed by atoms with Crippen LogP contribution in [0.3, 0.4) is 0 Å². The molecule has 1 amide bonds. The van der Waals surface area contributed by atoms with Crippen LogP contribution in [0.5, 0.6) is 5.75 Å². The summed E-state index contributed by atoms with van der Waals surface area (Å²) in [5.74, 6) is 1.09. The Bertz CT molecular complexity index is 664. The van der Waals surface area contributed by atoms with Gasteiger partial charge in [-0.3, -0.25) is 4.79 Å². The van der Waals surface area contributed by atoms with Crippen LogP contribution in [0.25, 0.3) is 0 Å². The molecule has 0 aliphatic carbocycles. The molecule has 0 fully saturated rings. The van der Waals surface area contributed by atoms with E-state index in [0.29, 0.717) is 31.2 Å². The Kier molecular flexibility index (Phi) is 6.97. The van der Waals surface area contributed by atoms with Crippen LogP contribution < -0.4 is 15.4 Å². The van der Waals surface area contributed by atoms with Crippen molar-refractivity contribution in [3.8, 4) is 5.75 Å². The number of hydrogen-bond acceptors (Lipinski definition) is 6. The fourth-order valence-electron chi connectivity index (χ4n) is 2.13. The van der Waals surface area contributed by atoms with Gasteiger partial charge in [-0.15, -0.1) is 0 Å². The van der Waals surface area contributed by atoms with E-state index in [1.54, 1.807) is 20.3 Å². The van der Waals surface area contributed by atoms with E-state index >= 15 is 0 Å². The average Bonchev–Trinajstić information content (AvgIpc) is 2.63. The molecular formula is C17H22N4O3. The molecule has 0 saturated carbocycles. The van der Waals surface area contributed by atoms with E-state index in [1.807, 2.05) is 24.3 Å². The van der Waals surface area contributed by atoms with Gasteiger partial charge in [-0.05, 0) is 12.5 Å². The molecule has 1 aromatic heterocycles. The maximum Gasteiger partial charge on any atom is 0.270 e. The van der Waals surface area contributed by atoms with Gasteiger partial charge in [0, 0.05) is 38.4 Å². The third-order valence-electron chi connectivity index (χ3n) is 3.36. The lowest BCUT2D eigenvalue weighted by Gasteiger charge is -2.10. The van der Waals surface area contributed by atoms with Gasteiger partial charge in [-0.2, -0.15) is 0 Å². The van der Waals surface area contributed by atoms with Gasteiger partial charge in [0.1, 0.15) is 23.6 Å².